The first-order valence-corrected chi connectivity index (χ1v) is 6.76. The second-order valence-corrected chi connectivity index (χ2v) is 4.91. The zero-order valence-electron chi connectivity index (χ0n) is 11.1. The highest BCUT2D eigenvalue weighted by Gasteiger charge is 2.19. The van der Waals surface area contributed by atoms with Crippen LogP contribution in [-0.4, -0.2) is 17.1 Å². The number of aliphatic imine (C=N–C) groups is 1. The van der Waals surface area contributed by atoms with E-state index >= 15 is 0 Å². The monoisotopic (exact) mass is 264 g/mol. The molecule has 100 valence electrons. The van der Waals surface area contributed by atoms with Crippen LogP contribution in [0.2, 0.25) is 0 Å². The van der Waals surface area contributed by atoms with Gasteiger partial charge in [0.2, 0.25) is 0 Å². The molecule has 0 aromatic heterocycles. The Labute approximate surface area is 118 Å². The number of rotatable bonds is 3. The van der Waals surface area contributed by atoms with Gasteiger partial charge in [-0.15, -0.1) is 0 Å². The molecule has 0 aliphatic carbocycles. The third-order valence-corrected chi connectivity index (χ3v) is 3.60. The Hall–Kier alpha value is -2.42. The van der Waals surface area contributed by atoms with Crippen molar-refractivity contribution in [1.82, 2.24) is 0 Å². The van der Waals surface area contributed by atoms with Crippen LogP contribution in [0.5, 0.6) is 0 Å². The molecule has 1 aliphatic heterocycles. The molecule has 2 aromatic rings. The van der Waals surface area contributed by atoms with E-state index < -0.39 is 0 Å². The maximum absolute atomic E-state index is 8.51. The van der Waals surface area contributed by atoms with Crippen LogP contribution in [0.25, 0.3) is 0 Å². The van der Waals surface area contributed by atoms with Gasteiger partial charge in [-0.2, -0.15) is 0 Å². The van der Waals surface area contributed by atoms with Gasteiger partial charge in [0.1, 0.15) is 0 Å². The fourth-order valence-electron chi connectivity index (χ4n) is 2.55. The molecule has 0 radical (unpaired) electrons. The minimum Gasteiger partial charge on any atom is -0.411 e. The van der Waals surface area contributed by atoms with E-state index in [4.69, 9.17) is 10.2 Å². The third kappa shape index (κ3) is 2.62. The first-order chi connectivity index (χ1) is 9.86. The van der Waals surface area contributed by atoms with Crippen LogP contribution in [0.4, 0.5) is 0 Å². The predicted molar refractivity (Wildman–Crippen MR) is 80.8 cm³/mol. The van der Waals surface area contributed by atoms with Crippen LogP contribution in [0.1, 0.15) is 35.6 Å². The fourth-order valence-corrected chi connectivity index (χ4v) is 2.55. The Morgan fingerprint density at radius 2 is 1.80 bits per heavy atom. The van der Waals surface area contributed by atoms with Crippen molar-refractivity contribution >= 4 is 11.9 Å². The van der Waals surface area contributed by atoms with Crippen LogP contribution in [0.3, 0.4) is 0 Å². The molecule has 1 N–H and O–H groups in total. The molecular formula is C17H16N2O. The summed E-state index contributed by atoms with van der Waals surface area (Å²) >= 11 is 0. The minimum atomic E-state index is 0.241. The zero-order valence-corrected chi connectivity index (χ0v) is 11.1. The molecular weight excluding hydrogens is 248 g/mol. The fraction of sp³-hybridized carbons (Fsp3) is 0.176. The lowest BCUT2D eigenvalue weighted by Gasteiger charge is -2.06. The topological polar surface area (TPSA) is 45.0 Å². The zero-order chi connectivity index (χ0) is 13.8. The van der Waals surface area contributed by atoms with E-state index in [1.807, 2.05) is 30.3 Å². The van der Waals surface area contributed by atoms with Crippen molar-refractivity contribution in [2.45, 2.75) is 18.9 Å². The van der Waals surface area contributed by atoms with Crippen LogP contribution in [-0.2, 0) is 0 Å². The molecule has 0 spiro atoms. The summed E-state index contributed by atoms with van der Waals surface area (Å²) in [5, 5.41) is 11.5. The predicted octanol–water partition coefficient (Wildman–Crippen LogP) is 3.82. The van der Waals surface area contributed by atoms with Crippen molar-refractivity contribution in [3.8, 4) is 0 Å². The molecule has 0 fully saturated rings. The summed E-state index contributed by atoms with van der Waals surface area (Å²) in [6, 6.07) is 18.6. The molecule has 0 saturated heterocycles. The van der Waals surface area contributed by atoms with Gasteiger partial charge in [0.15, 0.2) is 0 Å². The van der Waals surface area contributed by atoms with Crippen molar-refractivity contribution in [3.63, 3.8) is 0 Å². The van der Waals surface area contributed by atoms with Gasteiger partial charge < -0.3 is 5.21 Å². The summed E-state index contributed by atoms with van der Waals surface area (Å²) in [7, 11) is 0. The van der Waals surface area contributed by atoms with E-state index in [1.165, 1.54) is 23.1 Å². The van der Waals surface area contributed by atoms with Crippen molar-refractivity contribution in [1.29, 1.82) is 0 Å². The molecule has 2 aromatic carbocycles. The highest BCUT2D eigenvalue weighted by atomic mass is 16.4. The Morgan fingerprint density at radius 1 is 1.05 bits per heavy atom. The first kappa shape index (κ1) is 12.6. The number of hydrogen-bond donors (Lipinski definition) is 1. The lowest BCUT2D eigenvalue weighted by Crippen LogP contribution is -1.94. The molecule has 0 saturated carbocycles. The lowest BCUT2D eigenvalue weighted by molar-refractivity contribution is 0.322. The quantitative estimate of drug-likeness (QED) is 0.511. The second-order valence-electron chi connectivity index (χ2n) is 4.91. The highest BCUT2D eigenvalue weighted by Crippen LogP contribution is 2.30. The van der Waals surface area contributed by atoms with E-state index in [0.717, 1.165) is 18.4 Å². The lowest BCUT2D eigenvalue weighted by atomic mass is 10.0. The SMILES string of the molecule is O/N=C/c1ccc(C2CCC(c3ccccc3)=N2)cc1. The molecule has 0 amide bonds. The Bertz CT molecular complexity index is 630. The van der Waals surface area contributed by atoms with E-state index in [2.05, 4.69) is 29.4 Å². The van der Waals surface area contributed by atoms with E-state index in [1.54, 1.807) is 0 Å². The maximum atomic E-state index is 8.51. The summed E-state index contributed by atoms with van der Waals surface area (Å²) in [5.41, 5.74) is 4.52. The number of benzene rings is 2. The summed E-state index contributed by atoms with van der Waals surface area (Å²) in [6.07, 6.45) is 3.50. The summed E-state index contributed by atoms with van der Waals surface area (Å²) < 4.78 is 0. The van der Waals surface area contributed by atoms with Gasteiger partial charge in [0.25, 0.3) is 0 Å². The number of oxime groups is 1. The smallest absolute Gasteiger partial charge is 0.0756 e. The van der Waals surface area contributed by atoms with Gasteiger partial charge in [-0.25, -0.2) is 0 Å². The molecule has 20 heavy (non-hydrogen) atoms. The normalized spacial score (nSPS) is 18.4. The standard InChI is InChI=1S/C17H16N2O/c20-18-12-13-6-8-15(9-7-13)17-11-10-16(19-17)14-4-2-1-3-5-14/h1-9,12,17,20H,10-11H2/b18-12+. The van der Waals surface area contributed by atoms with Gasteiger partial charge in [0.05, 0.1) is 12.3 Å². The summed E-state index contributed by atoms with van der Waals surface area (Å²) in [5.74, 6) is 0. The first-order valence-electron chi connectivity index (χ1n) is 6.76. The maximum Gasteiger partial charge on any atom is 0.0756 e. The van der Waals surface area contributed by atoms with E-state index in [9.17, 15) is 0 Å². The largest absolute Gasteiger partial charge is 0.411 e. The molecule has 1 aliphatic rings. The van der Waals surface area contributed by atoms with Crippen molar-refractivity contribution in [3.05, 3.63) is 71.3 Å². The second kappa shape index (κ2) is 5.70. The third-order valence-electron chi connectivity index (χ3n) is 3.60. The summed E-state index contributed by atoms with van der Waals surface area (Å²) in [4.78, 5) is 4.84. The van der Waals surface area contributed by atoms with Crippen molar-refractivity contribution in [2.24, 2.45) is 10.1 Å². The summed E-state index contributed by atoms with van der Waals surface area (Å²) in [6.45, 7) is 0. The van der Waals surface area contributed by atoms with E-state index in [-0.39, 0.29) is 6.04 Å². The average Bonchev–Trinajstić information content (AvgIpc) is 2.99. The minimum absolute atomic E-state index is 0.241. The van der Waals surface area contributed by atoms with Gasteiger partial charge in [-0.05, 0) is 29.5 Å². The van der Waals surface area contributed by atoms with Crippen LogP contribution in [0, 0.1) is 0 Å². The van der Waals surface area contributed by atoms with E-state index in [0.29, 0.717) is 0 Å². The Morgan fingerprint density at radius 3 is 2.50 bits per heavy atom. The van der Waals surface area contributed by atoms with Crippen molar-refractivity contribution < 1.29 is 5.21 Å². The van der Waals surface area contributed by atoms with Gasteiger partial charge in [-0.3, -0.25) is 4.99 Å². The molecule has 1 atom stereocenters. The highest BCUT2D eigenvalue weighted by molar-refractivity contribution is 6.01. The molecule has 3 nitrogen and oxygen atoms in total. The van der Waals surface area contributed by atoms with Crippen molar-refractivity contribution in [2.75, 3.05) is 0 Å². The van der Waals surface area contributed by atoms with Gasteiger partial charge in [0, 0.05) is 5.71 Å². The molecule has 3 heteroatoms. The van der Waals surface area contributed by atoms with Crippen LogP contribution >= 0.6 is 0 Å². The van der Waals surface area contributed by atoms with Crippen LogP contribution < -0.4 is 0 Å². The molecule has 0 bridgehead atoms. The molecule has 1 unspecified atom stereocenters. The van der Waals surface area contributed by atoms with Gasteiger partial charge >= 0.3 is 0 Å². The van der Waals surface area contributed by atoms with Gasteiger partial charge in [-0.1, -0.05) is 59.8 Å². The van der Waals surface area contributed by atoms with Crippen LogP contribution in [0.15, 0.2) is 64.7 Å². The molecule has 1 heterocycles. The Kier molecular flexibility index (Phi) is 3.59. The Balaban J connectivity index is 1.81. The number of hydrogen-bond acceptors (Lipinski definition) is 3. The molecule has 3 rings (SSSR count). The average molecular weight is 264 g/mol. The number of nitrogens with zero attached hydrogens (tertiary/aromatic N) is 2.